The summed E-state index contributed by atoms with van der Waals surface area (Å²) in [7, 11) is 0. The summed E-state index contributed by atoms with van der Waals surface area (Å²) in [5, 5.41) is 4.53. The lowest BCUT2D eigenvalue weighted by molar-refractivity contribution is 0.561. The molecule has 1 N–H and O–H groups in total. The third kappa shape index (κ3) is 3.82. The van der Waals surface area contributed by atoms with Crippen LogP contribution in [0.2, 0.25) is 5.02 Å². The number of rotatable bonds is 4. The molecule has 0 spiro atoms. The van der Waals surface area contributed by atoms with Gasteiger partial charge in [0.1, 0.15) is 10.8 Å². The molecule has 2 rings (SSSR count). The Morgan fingerprint density at radius 3 is 2.67 bits per heavy atom. The molecule has 114 valence electrons. The maximum atomic E-state index is 14.0. The van der Waals surface area contributed by atoms with Crippen LogP contribution in [0.3, 0.4) is 0 Å². The Balaban J connectivity index is 2.50. The number of hydrogen-bond acceptors (Lipinski definition) is 3. The van der Waals surface area contributed by atoms with Crippen LogP contribution in [0.1, 0.15) is 38.3 Å². The van der Waals surface area contributed by atoms with E-state index in [2.05, 4.69) is 38.0 Å². The summed E-state index contributed by atoms with van der Waals surface area (Å²) in [5.74, 6) is -0.288. The monoisotopic (exact) mass is 326 g/mol. The molecule has 5 heteroatoms. The molecule has 0 aliphatic heterocycles. The Labute approximate surface area is 134 Å². The zero-order valence-electron chi connectivity index (χ0n) is 12.8. The molecule has 1 heterocycles. The van der Waals surface area contributed by atoms with Gasteiger partial charge in [-0.15, -0.1) is 11.3 Å². The van der Waals surface area contributed by atoms with Crippen molar-refractivity contribution in [1.82, 2.24) is 10.3 Å². The first-order valence-electron chi connectivity index (χ1n) is 6.99. The van der Waals surface area contributed by atoms with Crippen LogP contribution in [0.15, 0.2) is 18.2 Å². The Hall–Kier alpha value is -0.970. The highest BCUT2D eigenvalue weighted by atomic mass is 35.5. The number of nitrogens with one attached hydrogen (secondary N) is 1. The molecule has 0 saturated carbocycles. The van der Waals surface area contributed by atoms with Crippen molar-refractivity contribution in [1.29, 1.82) is 0 Å². The molecule has 0 aliphatic rings. The summed E-state index contributed by atoms with van der Waals surface area (Å²) < 4.78 is 14.0. The molecule has 21 heavy (non-hydrogen) atoms. The summed E-state index contributed by atoms with van der Waals surface area (Å²) in [6, 6.07) is 4.58. The molecular weight excluding hydrogens is 307 g/mol. The van der Waals surface area contributed by atoms with Gasteiger partial charge in [-0.1, -0.05) is 39.3 Å². The van der Waals surface area contributed by atoms with Crippen LogP contribution < -0.4 is 5.32 Å². The third-order valence-corrected chi connectivity index (χ3v) is 4.43. The maximum absolute atomic E-state index is 14.0. The smallest absolute Gasteiger partial charge is 0.133 e. The Kier molecular flexibility index (Phi) is 5.02. The van der Waals surface area contributed by atoms with Crippen molar-refractivity contribution in [2.75, 3.05) is 6.54 Å². The summed E-state index contributed by atoms with van der Waals surface area (Å²) in [6.07, 6.45) is 0. The molecule has 2 aromatic rings. The van der Waals surface area contributed by atoms with Crippen LogP contribution in [0.25, 0.3) is 10.6 Å². The van der Waals surface area contributed by atoms with Crippen LogP contribution in [0.4, 0.5) is 4.39 Å². The van der Waals surface area contributed by atoms with Gasteiger partial charge >= 0.3 is 0 Å². The minimum Gasteiger partial charge on any atom is -0.312 e. The van der Waals surface area contributed by atoms with Gasteiger partial charge in [0.2, 0.25) is 0 Å². The first-order chi connectivity index (χ1) is 9.82. The fraction of sp³-hybridized carbons (Fsp3) is 0.438. The molecule has 1 aromatic heterocycles. The van der Waals surface area contributed by atoms with Gasteiger partial charge in [-0.2, -0.15) is 0 Å². The first-order valence-corrected chi connectivity index (χ1v) is 8.18. The standard InChI is InChI=1S/C16H20ClFN2S/c1-5-19-9-13-14(16(2,3)4)20-15(21-13)11-8-10(17)6-7-12(11)18/h6-8,19H,5,9H2,1-4H3. The third-order valence-electron chi connectivity index (χ3n) is 3.10. The van der Waals surface area contributed by atoms with Crippen molar-refractivity contribution in [3.8, 4) is 10.6 Å². The van der Waals surface area contributed by atoms with Crippen LogP contribution in [-0.2, 0) is 12.0 Å². The number of benzene rings is 1. The van der Waals surface area contributed by atoms with E-state index in [4.69, 9.17) is 11.6 Å². The van der Waals surface area contributed by atoms with Crippen molar-refractivity contribution in [3.05, 3.63) is 39.6 Å². The highest BCUT2D eigenvalue weighted by Crippen LogP contribution is 2.36. The van der Waals surface area contributed by atoms with Crippen LogP contribution in [-0.4, -0.2) is 11.5 Å². The van der Waals surface area contributed by atoms with Crippen molar-refractivity contribution in [3.63, 3.8) is 0 Å². The van der Waals surface area contributed by atoms with E-state index in [1.54, 1.807) is 12.1 Å². The number of hydrogen-bond donors (Lipinski definition) is 1. The number of aromatic nitrogens is 1. The van der Waals surface area contributed by atoms with Gasteiger partial charge < -0.3 is 5.32 Å². The molecule has 0 saturated heterocycles. The molecule has 2 nitrogen and oxygen atoms in total. The molecule has 0 aliphatic carbocycles. The Bertz CT molecular complexity index is 632. The van der Waals surface area contributed by atoms with Crippen molar-refractivity contribution >= 4 is 22.9 Å². The number of halogens is 2. The Morgan fingerprint density at radius 1 is 1.33 bits per heavy atom. The lowest BCUT2D eigenvalue weighted by Crippen LogP contribution is -2.18. The molecule has 0 atom stereocenters. The molecule has 0 unspecified atom stereocenters. The van der Waals surface area contributed by atoms with E-state index in [0.717, 1.165) is 23.7 Å². The van der Waals surface area contributed by atoms with Crippen molar-refractivity contribution < 1.29 is 4.39 Å². The van der Waals surface area contributed by atoms with Gasteiger partial charge in [0.25, 0.3) is 0 Å². The van der Waals surface area contributed by atoms with Gasteiger partial charge in [-0.3, -0.25) is 0 Å². The highest BCUT2D eigenvalue weighted by Gasteiger charge is 2.24. The van der Waals surface area contributed by atoms with Gasteiger partial charge in [0.15, 0.2) is 0 Å². The predicted molar refractivity (Wildman–Crippen MR) is 88.6 cm³/mol. The fourth-order valence-corrected chi connectivity index (χ4v) is 3.50. The molecule has 1 aromatic carbocycles. The quantitative estimate of drug-likeness (QED) is 0.854. The van der Waals surface area contributed by atoms with Crippen LogP contribution in [0.5, 0.6) is 0 Å². The molecule has 0 radical (unpaired) electrons. The van der Waals surface area contributed by atoms with E-state index in [1.165, 1.54) is 17.4 Å². The second-order valence-corrected chi connectivity index (χ2v) is 7.47. The zero-order valence-corrected chi connectivity index (χ0v) is 14.3. The van der Waals surface area contributed by atoms with E-state index in [1.807, 2.05) is 0 Å². The summed E-state index contributed by atoms with van der Waals surface area (Å²) in [6.45, 7) is 10.1. The number of nitrogens with zero attached hydrogens (tertiary/aromatic N) is 1. The van der Waals surface area contributed by atoms with E-state index in [0.29, 0.717) is 15.6 Å². The molecule has 0 fully saturated rings. The predicted octanol–water partition coefficient (Wildman–Crippen LogP) is 5.01. The number of thiazole rings is 1. The van der Waals surface area contributed by atoms with Crippen molar-refractivity contribution in [2.45, 2.75) is 39.7 Å². The summed E-state index contributed by atoms with van der Waals surface area (Å²) in [5.41, 5.74) is 1.41. The van der Waals surface area contributed by atoms with E-state index in [-0.39, 0.29) is 11.2 Å². The maximum Gasteiger partial charge on any atom is 0.133 e. The average Bonchev–Trinajstić information content (AvgIpc) is 2.83. The summed E-state index contributed by atoms with van der Waals surface area (Å²) in [4.78, 5) is 5.84. The topological polar surface area (TPSA) is 24.9 Å². The second kappa shape index (κ2) is 6.42. The van der Waals surface area contributed by atoms with Crippen LogP contribution in [0, 0.1) is 5.82 Å². The zero-order chi connectivity index (χ0) is 15.6. The van der Waals surface area contributed by atoms with E-state index >= 15 is 0 Å². The minimum absolute atomic E-state index is 0.0748. The van der Waals surface area contributed by atoms with Gasteiger partial charge in [-0.05, 0) is 24.7 Å². The second-order valence-electron chi connectivity index (χ2n) is 5.95. The van der Waals surface area contributed by atoms with E-state index < -0.39 is 0 Å². The lowest BCUT2D eigenvalue weighted by atomic mass is 9.91. The van der Waals surface area contributed by atoms with Crippen LogP contribution >= 0.6 is 22.9 Å². The van der Waals surface area contributed by atoms with Gasteiger partial charge in [0.05, 0.1) is 5.69 Å². The molecular formula is C16H20ClFN2S. The highest BCUT2D eigenvalue weighted by molar-refractivity contribution is 7.15. The van der Waals surface area contributed by atoms with Crippen molar-refractivity contribution in [2.24, 2.45) is 0 Å². The largest absolute Gasteiger partial charge is 0.312 e. The molecule has 0 amide bonds. The van der Waals surface area contributed by atoms with Gasteiger partial charge in [0, 0.05) is 27.4 Å². The lowest BCUT2D eigenvalue weighted by Gasteiger charge is -2.17. The minimum atomic E-state index is -0.288. The van der Waals surface area contributed by atoms with Gasteiger partial charge in [-0.25, -0.2) is 9.37 Å². The molecule has 0 bridgehead atoms. The normalized spacial score (nSPS) is 11.9. The summed E-state index contributed by atoms with van der Waals surface area (Å²) >= 11 is 7.51. The first kappa shape index (κ1) is 16.4. The van der Waals surface area contributed by atoms with E-state index in [9.17, 15) is 4.39 Å². The SMILES string of the molecule is CCNCc1sc(-c2cc(Cl)ccc2F)nc1C(C)(C)C. The fourth-order valence-electron chi connectivity index (χ4n) is 2.07. The average molecular weight is 327 g/mol. The Morgan fingerprint density at radius 2 is 2.05 bits per heavy atom.